The number of anilines is 2. The van der Waals surface area contributed by atoms with Gasteiger partial charge in [0.1, 0.15) is 0 Å². The van der Waals surface area contributed by atoms with Crippen molar-refractivity contribution in [3.05, 3.63) is 65.6 Å². The number of allylic oxidation sites excluding steroid dienone is 2. The number of hydrazone groups is 1. The summed E-state index contributed by atoms with van der Waals surface area (Å²) in [5.74, 6) is 0. The van der Waals surface area contributed by atoms with Crippen LogP contribution in [0.25, 0.3) is 0 Å². The van der Waals surface area contributed by atoms with Crippen LogP contribution in [-0.2, 0) is 0 Å². The number of benzene rings is 2. The van der Waals surface area contributed by atoms with Crippen molar-refractivity contribution in [2.45, 2.75) is 46.0 Å². The highest BCUT2D eigenvalue weighted by Crippen LogP contribution is 2.60. The molecule has 0 amide bonds. The Morgan fingerprint density at radius 1 is 0.875 bits per heavy atom. The zero-order valence-electron chi connectivity index (χ0n) is 19.9. The molecule has 2 aromatic rings. The lowest BCUT2D eigenvalue weighted by Gasteiger charge is -2.41. The Labute approximate surface area is 194 Å². The van der Waals surface area contributed by atoms with Crippen molar-refractivity contribution in [2.24, 2.45) is 10.5 Å². The summed E-state index contributed by atoms with van der Waals surface area (Å²) < 4.78 is 2.34. The smallest absolute Gasteiger partial charge is 0.0843 e. The molecule has 1 fully saturated rings. The molecule has 4 nitrogen and oxygen atoms in total. The molecule has 3 aliphatic rings. The molecule has 0 saturated carbocycles. The van der Waals surface area contributed by atoms with Crippen LogP contribution in [0.1, 0.15) is 46.0 Å². The summed E-state index contributed by atoms with van der Waals surface area (Å²) >= 11 is 0. The number of fused-ring (bicyclic) bond motifs is 1. The van der Waals surface area contributed by atoms with E-state index in [9.17, 15) is 0 Å². The predicted octanol–water partition coefficient (Wildman–Crippen LogP) is 6.17. The first-order chi connectivity index (χ1) is 15.4. The van der Waals surface area contributed by atoms with Crippen molar-refractivity contribution in [2.75, 3.05) is 36.9 Å². The summed E-state index contributed by atoms with van der Waals surface area (Å²) in [5.41, 5.74) is 5.57. The fourth-order valence-corrected chi connectivity index (χ4v) is 7.67. The number of rotatable bonds is 4. The number of nitrogens with zero attached hydrogens (tertiary/aromatic N) is 4. The summed E-state index contributed by atoms with van der Waals surface area (Å²) in [7, 11) is 3.48. The molecule has 32 heavy (non-hydrogen) atoms. The summed E-state index contributed by atoms with van der Waals surface area (Å²) in [6.07, 6.45) is 6.18. The van der Waals surface area contributed by atoms with Crippen LogP contribution in [0.15, 0.2) is 70.7 Å². The van der Waals surface area contributed by atoms with Gasteiger partial charge in [0.05, 0.1) is 19.5 Å². The maximum absolute atomic E-state index is 5.32. The van der Waals surface area contributed by atoms with Gasteiger partial charge in [-0.05, 0) is 61.8 Å². The Morgan fingerprint density at radius 3 is 2.22 bits per heavy atom. The van der Waals surface area contributed by atoms with Gasteiger partial charge in [-0.25, -0.2) is 4.78 Å². The quantitative estimate of drug-likeness (QED) is 0.525. The minimum atomic E-state index is -0.725. The second-order valence-corrected chi connectivity index (χ2v) is 12.2. The van der Waals surface area contributed by atoms with Crippen molar-refractivity contribution in [1.82, 2.24) is 4.90 Å². The van der Waals surface area contributed by atoms with Crippen LogP contribution in [0.2, 0.25) is 0 Å². The molecule has 0 N–H and O–H groups in total. The summed E-state index contributed by atoms with van der Waals surface area (Å²) in [5, 5.41) is 8.24. The zero-order valence-corrected chi connectivity index (χ0v) is 20.8. The normalized spacial score (nSPS) is 22.6. The SMILES string of the molecule is CN(C)c1ccc(P2C3=C(N4CCCCC4)CC(C)(C)CC3=NN2c2ccccc2)cc1. The lowest BCUT2D eigenvalue weighted by molar-refractivity contribution is 0.240. The van der Waals surface area contributed by atoms with E-state index in [0.29, 0.717) is 0 Å². The topological polar surface area (TPSA) is 22.1 Å². The molecule has 1 unspecified atom stereocenters. The minimum Gasteiger partial charge on any atom is -0.378 e. The van der Waals surface area contributed by atoms with E-state index in [1.54, 1.807) is 5.70 Å². The molecule has 0 spiro atoms. The Morgan fingerprint density at radius 2 is 1.56 bits per heavy atom. The first-order valence-corrected chi connectivity index (χ1v) is 13.2. The first kappa shape index (κ1) is 21.5. The molecule has 5 rings (SSSR count). The van der Waals surface area contributed by atoms with Gasteiger partial charge in [0.25, 0.3) is 0 Å². The van der Waals surface area contributed by atoms with Gasteiger partial charge in [-0.15, -0.1) is 0 Å². The predicted molar refractivity (Wildman–Crippen MR) is 139 cm³/mol. The van der Waals surface area contributed by atoms with Crippen LogP contribution in [0, 0.1) is 5.41 Å². The molecule has 5 heteroatoms. The molecule has 1 saturated heterocycles. The number of likely N-dealkylation sites (tertiary alicyclic amines) is 1. The second-order valence-electron chi connectivity index (χ2n) is 10.3. The van der Waals surface area contributed by atoms with Crippen molar-refractivity contribution < 1.29 is 0 Å². The monoisotopic (exact) mass is 446 g/mol. The molecule has 1 aliphatic carbocycles. The van der Waals surface area contributed by atoms with Gasteiger partial charge in [-0.1, -0.05) is 44.2 Å². The van der Waals surface area contributed by atoms with Crippen molar-refractivity contribution in [3.63, 3.8) is 0 Å². The Bertz CT molecular complexity index is 1020. The molecule has 2 aliphatic heterocycles. The highest BCUT2D eigenvalue weighted by molar-refractivity contribution is 7.73. The van der Waals surface area contributed by atoms with Crippen molar-refractivity contribution in [3.8, 4) is 0 Å². The van der Waals surface area contributed by atoms with E-state index in [4.69, 9.17) is 5.10 Å². The Hall–Kier alpha value is -2.32. The van der Waals surface area contributed by atoms with Crippen LogP contribution in [0.5, 0.6) is 0 Å². The molecule has 2 heterocycles. The molecule has 0 bridgehead atoms. The van der Waals surface area contributed by atoms with Crippen LogP contribution in [0.3, 0.4) is 0 Å². The average molecular weight is 447 g/mol. The number of hydrogen-bond acceptors (Lipinski definition) is 4. The van der Waals surface area contributed by atoms with E-state index in [1.807, 2.05) is 0 Å². The van der Waals surface area contributed by atoms with Gasteiger partial charge >= 0.3 is 0 Å². The first-order valence-electron chi connectivity index (χ1n) is 11.9. The van der Waals surface area contributed by atoms with Gasteiger partial charge < -0.3 is 9.80 Å². The van der Waals surface area contributed by atoms with Gasteiger partial charge in [-0.2, -0.15) is 5.10 Å². The standard InChI is InChI=1S/C27H35N4P/c1-27(2)19-24-26(25(20-27)30-17-9-6-10-18-30)32(23-15-13-21(14-16-23)29(3)4)31(28-24)22-11-7-5-8-12-22/h5,7-8,11-16H,6,9-10,17-20H2,1-4H3. The third-order valence-electron chi connectivity index (χ3n) is 6.79. The van der Waals surface area contributed by atoms with E-state index in [1.165, 1.54) is 60.1 Å². The van der Waals surface area contributed by atoms with E-state index < -0.39 is 8.07 Å². The maximum atomic E-state index is 5.32. The molecule has 1 atom stereocenters. The van der Waals surface area contributed by atoms with Gasteiger partial charge in [0.15, 0.2) is 0 Å². The zero-order chi connectivity index (χ0) is 22.3. The van der Waals surface area contributed by atoms with Crippen LogP contribution in [0.4, 0.5) is 11.4 Å². The molecule has 0 radical (unpaired) electrons. The van der Waals surface area contributed by atoms with Gasteiger partial charge in [-0.3, -0.25) is 0 Å². The number of piperidine rings is 1. The third kappa shape index (κ3) is 4.06. The van der Waals surface area contributed by atoms with Gasteiger partial charge in [0.2, 0.25) is 0 Å². The molecular formula is C27H35N4P. The summed E-state index contributed by atoms with van der Waals surface area (Å²) in [6, 6.07) is 19.9. The maximum Gasteiger partial charge on any atom is 0.0843 e. The highest BCUT2D eigenvalue weighted by atomic mass is 31.1. The largest absolute Gasteiger partial charge is 0.378 e. The second kappa shape index (κ2) is 8.56. The summed E-state index contributed by atoms with van der Waals surface area (Å²) in [4.78, 5) is 4.87. The Balaban J connectivity index is 1.66. The van der Waals surface area contributed by atoms with Crippen molar-refractivity contribution in [1.29, 1.82) is 0 Å². The molecule has 0 aromatic heterocycles. The fourth-order valence-electron chi connectivity index (χ4n) is 5.17. The Kier molecular flexibility index (Phi) is 5.75. The van der Waals surface area contributed by atoms with E-state index in [0.717, 1.165) is 12.8 Å². The molecule has 2 aromatic carbocycles. The van der Waals surface area contributed by atoms with E-state index in [-0.39, 0.29) is 5.41 Å². The van der Waals surface area contributed by atoms with Gasteiger partial charge in [0, 0.05) is 49.2 Å². The fraction of sp³-hybridized carbons (Fsp3) is 0.444. The van der Waals surface area contributed by atoms with Crippen LogP contribution in [-0.4, -0.2) is 37.8 Å². The lowest BCUT2D eigenvalue weighted by Crippen LogP contribution is -2.36. The third-order valence-corrected chi connectivity index (χ3v) is 9.22. The van der Waals surface area contributed by atoms with Crippen LogP contribution < -0.4 is 15.0 Å². The number of hydrogen-bond donors (Lipinski definition) is 0. The number of para-hydroxylation sites is 1. The van der Waals surface area contributed by atoms with E-state index in [2.05, 4.69) is 97.1 Å². The highest BCUT2D eigenvalue weighted by Gasteiger charge is 2.44. The van der Waals surface area contributed by atoms with E-state index >= 15 is 0 Å². The average Bonchev–Trinajstić information content (AvgIpc) is 3.18. The summed E-state index contributed by atoms with van der Waals surface area (Å²) in [6.45, 7) is 7.21. The minimum absolute atomic E-state index is 0.248. The van der Waals surface area contributed by atoms with Crippen LogP contribution >= 0.6 is 8.07 Å². The lowest BCUT2D eigenvalue weighted by atomic mass is 9.78. The molecule has 168 valence electrons. The van der Waals surface area contributed by atoms with Crippen molar-refractivity contribution >= 4 is 30.5 Å². The molecular weight excluding hydrogens is 411 g/mol.